The number of carbonyl (C=O) groups excluding carboxylic acids is 1. The number of aromatic amines is 1. The van der Waals surface area contributed by atoms with Crippen molar-refractivity contribution < 1.29 is 13.9 Å². The first kappa shape index (κ1) is 14.6. The van der Waals surface area contributed by atoms with Crippen molar-refractivity contribution in [3.8, 4) is 0 Å². The van der Waals surface area contributed by atoms with E-state index < -0.39 is 5.97 Å². The van der Waals surface area contributed by atoms with Crippen molar-refractivity contribution in [2.75, 3.05) is 6.61 Å². The number of nitrogens with two attached hydrogens (primary N) is 1. The van der Waals surface area contributed by atoms with Crippen LogP contribution >= 0.6 is 0 Å². The molecule has 2 aromatic rings. The SMILES string of the molecule is C/C(N)=C/C(=O)OC/C=C/c1ccc(Cc2ncc[nH]2)o1. The van der Waals surface area contributed by atoms with Gasteiger partial charge in [-0.25, -0.2) is 9.78 Å². The number of esters is 1. The zero-order chi connectivity index (χ0) is 15.1. The van der Waals surface area contributed by atoms with E-state index in [2.05, 4.69) is 9.97 Å². The number of hydrogen-bond donors (Lipinski definition) is 2. The van der Waals surface area contributed by atoms with Crippen LogP contribution in [0.4, 0.5) is 0 Å². The fraction of sp³-hybridized carbons (Fsp3) is 0.200. The molecule has 2 rings (SSSR count). The van der Waals surface area contributed by atoms with Gasteiger partial charge in [0, 0.05) is 24.2 Å². The molecule has 21 heavy (non-hydrogen) atoms. The number of imidazole rings is 1. The Kier molecular flexibility index (Phi) is 4.98. The minimum Gasteiger partial charge on any atom is -0.461 e. The van der Waals surface area contributed by atoms with Gasteiger partial charge in [0.2, 0.25) is 0 Å². The second kappa shape index (κ2) is 7.14. The molecule has 0 aliphatic carbocycles. The molecule has 0 unspecified atom stereocenters. The van der Waals surface area contributed by atoms with Gasteiger partial charge < -0.3 is 19.9 Å². The molecule has 0 atom stereocenters. The fourth-order valence-electron chi connectivity index (χ4n) is 1.66. The highest BCUT2D eigenvalue weighted by atomic mass is 16.5. The summed E-state index contributed by atoms with van der Waals surface area (Å²) in [4.78, 5) is 18.3. The first-order chi connectivity index (χ1) is 10.1. The monoisotopic (exact) mass is 287 g/mol. The van der Waals surface area contributed by atoms with Gasteiger partial charge in [0.1, 0.15) is 24.0 Å². The molecule has 110 valence electrons. The average molecular weight is 287 g/mol. The van der Waals surface area contributed by atoms with E-state index >= 15 is 0 Å². The zero-order valence-electron chi connectivity index (χ0n) is 11.7. The molecular weight excluding hydrogens is 270 g/mol. The van der Waals surface area contributed by atoms with Crippen molar-refractivity contribution in [3.63, 3.8) is 0 Å². The highest BCUT2D eigenvalue weighted by Gasteiger charge is 2.03. The number of allylic oxidation sites excluding steroid dienone is 1. The smallest absolute Gasteiger partial charge is 0.332 e. The molecule has 3 N–H and O–H groups in total. The molecule has 0 bridgehead atoms. The molecule has 6 nitrogen and oxygen atoms in total. The van der Waals surface area contributed by atoms with Gasteiger partial charge in [-0.3, -0.25) is 0 Å². The van der Waals surface area contributed by atoms with E-state index in [1.807, 2.05) is 12.1 Å². The van der Waals surface area contributed by atoms with Crippen LogP contribution in [0.3, 0.4) is 0 Å². The van der Waals surface area contributed by atoms with Gasteiger partial charge >= 0.3 is 5.97 Å². The highest BCUT2D eigenvalue weighted by molar-refractivity contribution is 5.82. The Morgan fingerprint density at radius 3 is 3.10 bits per heavy atom. The lowest BCUT2D eigenvalue weighted by Crippen LogP contribution is -2.03. The van der Waals surface area contributed by atoms with Gasteiger partial charge in [-0.05, 0) is 31.2 Å². The number of furan rings is 1. The van der Waals surface area contributed by atoms with Gasteiger partial charge in [-0.1, -0.05) is 0 Å². The van der Waals surface area contributed by atoms with Crippen molar-refractivity contribution in [1.82, 2.24) is 9.97 Å². The number of carbonyl (C=O) groups is 1. The van der Waals surface area contributed by atoms with Gasteiger partial charge in [0.05, 0.1) is 6.42 Å². The van der Waals surface area contributed by atoms with Gasteiger partial charge in [0.25, 0.3) is 0 Å². The summed E-state index contributed by atoms with van der Waals surface area (Å²) in [6, 6.07) is 3.73. The molecule has 0 aromatic carbocycles. The lowest BCUT2D eigenvalue weighted by atomic mass is 10.3. The maximum absolute atomic E-state index is 11.2. The Morgan fingerprint density at radius 2 is 2.38 bits per heavy atom. The third-order valence-electron chi connectivity index (χ3n) is 2.53. The maximum atomic E-state index is 11.2. The van der Waals surface area contributed by atoms with Crippen LogP contribution in [0.2, 0.25) is 0 Å². The largest absolute Gasteiger partial charge is 0.461 e. The number of rotatable bonds is 6. The first-order valence-electron chi connectivity index (χ1n) is 6.47. The molecule has 0 spiro atoms. The van der Waals surface area contributed by atoms with Gasteiger partial charge in [-0.2, -0.15) is 0 Å². The summed E-state index contributed by atoms with van der Waals surface area (Å²) in [7, 11) is 0. The Balaban J connectivity index is 1.81. The van der Waals surface area contributed by atoms with Crippen LogP contribution in [0.1, 0.15) is 24.3 Å². The summed E-state index contributed by atoms with van der Waals surface area (Å²) in [5.74, 6) is 1.89. The molecule has 0 amide bonds. The van der Waals surface area contributed by atoms with Crippen molar-refractivity contribution in [2.45, 2.75) is 13.3 Å². The van der Waals surface area contributed by atoms with Crippen LogP contribution in [0.25, 0.3) is 6.08 Å². The number of nitrogens with zero attached hydrogens (tertiary/aromatic N) is 1. The topological polar surface area (TPSA) is 94.1 Å². The minimum absolute atomic E-state index is 0.164. The molecule has 6 heteroatoms. The summed E-state index contributed by atoms with van der Waals surface area (Å²) in [5.41, 5.74) is 5.78. The molecule has 0 aliphatic heterocycles. The summed E-state index contributed by atoms with van der Waals surface area (Å²) >= 11 is 0. The second-order valence-electron chi connectivity index (χ2n) is 4.44. The zero-order valence-corrected chi connectivity index (χ0v) is 11.7. The molecule has 0 saturated heterocycles. The van der Waals surface area contributed by atoms with Crippen LogP contribution in [-0.4, -0.2) is 22.5 Å². The predicted molar refractivity (Wildman–Crippen MR) is 78.0 cm³/mol. The lowest BCUT2D eigenvalue weighted by molar-refractivity contribution is -0.136. The van der Waals surface area contributed by atoms with Crippen LogP contribution in [0.5, 0.6) is 0 Å². The summed E-state index contributed by atoms with van der Waals surface area (Å²) in [5, 5.41) is 0. The standard InChI is InChI=1S/C15H17N3O3/c1-11(16)9-15(19)20-8-2-3-12-4-5-13(21-12)10-14-17-6-7-18-14/h2-7,9H,8,10,16H2,1H3,(H,17,18)/b3-2+,11-9-. The van der Waals surface area contributed by atoms with Gasteiger partial charge in [0.15, 0.2) is 0 Å². The number of hydrogen-bond acceptors (Lipinski definition) is 5. The van der Waals surface area contributed by atoms with Crippen molar-refractivity contribution >= 4 is 12.0 Å². The number of ether oxygens (including phenoxy) is 1. The van der Waals surface area contributed by atoms with E-state index in [4.69, 9.17) is 14.9 Å². The number of nitrogens with one attached hydrogen (secondary N) is 1. The first-order valence-corrected chi connectivity index (χ1v) is 6.47. The van der Waals surface area contributed by atoms with Crippen LogP contribution in [0.15, 0.2) is 46.8 Å². The molecule has 2 heterocycles. The van der Waals surface area contributed by atoms with Crippen molar-refractivity contribution in [3.05, 3.63) is 59.7 Å². The third-order valence-corrected chi connectivity index (χ3v) is 2.53. The Hall–Kier alpha value is -2.76. The van der Waals surface area contributed by atoms with E-state index in [0.717, 1.165) is 11.6 Å². The van der Waals surface area contributed by atoms with Gasteiger partial charge in [-0.15, -0.1) is 0 Å². The lowest BCUT2D eigenvalue weighted by Gasteiger charge is -1.96. The molecular formula is C15H17N3O3. The van der Waals surface area contributed by atoms with E-state index in [1.54, 1.807) is 31.5 Å². The number of aromatic nitrogens is 2. The predicted octanol–water partition coefficient (Wildman–Crippen LogP) is 2.01. The molecule has 0 aliphatic rings. The van der Waals surface area contributed by atoms with Crippen LogP contribution in [-0.2, 0) is 16.0 Å². The molecule has 0 saturated carbocycles. The summed E-state index contributed by atoms with van der Waals surface area (Å²) in [6.07, 6.45) is 8.76. The second-order valence-corrected chi connectivity index (χ2v) is 4.44. The van der Waals surface area contributed by atoms with Crippen molar-refractivity contribution in [1.29, 1.82) is 0 Å². The highest BCUT2D eigenvalue weighted by Crippen LogP contribution is 2.12. The average Bonchev–Trinajstić information content (AvgIpc) is 3.06. The van der Waals surface area contributed by atoms with Crippen LogP contribution in [0, 0.1) is 0 Å². The Labute approximate surface area is 122 Å². The normalized spacial score (nSPS) is 12.0. The molecule has 2 aromatic heterocycles. The third kappa shape index (κ3) is 5.02. The number of H-pyrrole nitrogens is 1. The maximum Gasteiger partial charge on any atom is 0.332 e. The van der Waals surface area contributed by atoms with Crippen molar-refractivity contribution in [2.24, 2.45) is 5.73 Å². The quantitative estimate of drug-likeness (QED) is 0.626. The Bertz CT molecular complexity index is 635. The van der Waals surface area contributed by atoms with E-state index in [0.29, 0.717) is 17.9 Å². The fourth-order valence-corrected chi connectivity index (χ4v) is 1.66. The van der Waals surface area contributed by atoms with E-state index in [9.17, 15) is 4.79 Å². The molecule has 0 fully saturated rings. The molecule has 0 radical (unpaired) electrons. The van der Waals surface area contributed by atoms with Crippen LogP contribution < -0.4 is 5.73 Å². The summed E-state index contributed by atoms with van der Waals surface area (Å²) < 4.78 is 10.5. The Morgan fingerprint density at radius 1 is 1.52 bits per heavy atom. The van der Waals surface area contributed by atoms with E-state index in [1.165, 1.54) is 6.08 Å². The minimum atomic E-state index is -0.461. The summed E-state index contributed by atoms with van der Waals surface area (Å²) in [6.45, 7) is 1.79. The van der Waals surface area contributed by atoms with E-state index in [-0.39, 0.29) is 6.61 Å².